The summed E-state index contributed by atoms with van der Waals surface area (Å²) in [4.78, 5) is 12.5. The van der Waals surface area contributed by atoms with Crippen LogP contribution in [0, 0.1) is 13.8 Å². The van der Waals surface area contributed by atoms with Gasteiger partial charge in [0.15, 0.2) is 5.78 Å². The highest BCUT2D eigenvalue weighted by Gasteiger charge is 2.12. The lowest BCUT2D eigenvalue weighted by Gasteiger charge is -2.11. The van der Waals surface area contributed by atoms with Crippen molar-refractivity contribution in [3.05, 3.63) is 81.1 Å². The van der Waals surface area contributed by atoms with Gasteiger partial charge in [-0.2, -0.15) is 5.10 Å². The van der Waals surface area contributed by atoms with Gasteiger partial charge in [0.25, 0.3) is 0 Å². The SMILES string of the molecule is COc1cccc(C(=O)/C=C/c2ccc(OC)c(Cn3nc(C)c(Br)c3C)c2)c1. The van der Waals surface area contributed by atoms with Crippen LogP contribution in [0.3, 0.4) is 0 Å². The number of nitrogens with zero attached hydrogens (tertiary/aromatic N) is 2. The van der Waals surface area contributed by atoms with Gasteiger partial charge < -0.3 is 9.47 Å². The molecule has 0 aliphatic carbocycles. The summed E-state index contributed by atoms with van der Waals surface area (Å²) in [5.74, 6) is 1.36. The number of allylic oxidation sites excluding steroid dienone is 1. The van der Waals surface area contributed by atoms with E-state index in [0.717, 1.165) is 32.7 Å². The van der Waals surface area contributed by atoms with Crippen LogP contribution in [-0.2, 0) is 6.54 Å². The molecule has 1 aromatic heterocycles. The average Bonchev–Trinajstić information content (AvgIpc) is 2.98. The number of hydrogen-bond donors (Lipinski definition) is 0. The van der Waals surface area contributed by atoms with Gasteiger partial charge in [0.1, 0.15) is 11.5 Å². The van der Waals surface area contributed by atoms with Gasteiger partial charge in [-0.3, -0.25) is 9.48 Å². The predicted molar refractivity (Wildman–Crippen MR) is 118 cm³/mol. The minimum Gasteiger partial charge on any atom is -0.497 e. The summed E-state index contributed by atoms with van der Waals surface area (Å²) < 4.78 is 13.6. The summed E-state index contributed by atoms with van der Waals surface area (Å²) in [6.07, 6.45) is 3.38. The van der Waals surface area contributed by atoms with Gasteiger partial charge in [-0.1, -0.05) is 24.3 Å². The Kier molecular flexibility index (Phi) is 6.54. The zero-order valence-electron chi connectivity index (χ0n) is 16.9. The lowest BCUT2D eigenvalue weighted by atomic mass is 10.1. The molecule has 6 heteroatoms. The van der Waals surface area contributed by atoms with Gasteiger partial charge in [-0.05, 0) is 65.7 Å². The molecule has 0 aliphatic rings. The highest BCUT2D eigenvalue weighted by atomic mass is 79.9. The standard InChI is InChI=1S/C23H23BrN2O3/c1-15-23(24)16(2)26(25-15)14-19-12-17(9-11-22(19)29-4)8-10-21(27)18-6-5-7-20(13-18)28-3/h5-13H,14H2,1-4H3/b10-8+. The van der Waals surface area contributed by atoms with Crippen molar-refractivity contribution in [3.8, 4) is 11.5 Å². The number of carbonyl (C=O) groups excluding carboxylic acids is 1. The number of hydrogen-bond acceptors (Lipinski definition) is 4. The molecule has 0 unspecified atom stereocenters. The van der Waals surface area contributed by atoms with Crippen molar-refractivity contribution < 1.29 is 14.3 Å². The summed E-state index contributed by atoms with van der Waals surface area (Å²) in [6, 6.07) is 13.0. The molecule has 3 aromatic rings. The molecule has 3 rings (SSSR count). The molecule has 0 radical (unpaired) electrons. The van der Waals surface area contributed by atoms with Crippen molar-refractivity contribution in [2.24, 2.45) is 0 Å². The second kappa shape index (κ2) is 9.09. The van der Waals surface area contributed by atoms with Crippen molar-refractivity contribution in [3.63, 3.8) is 0 Å². The first-order valence-corrected chi connectivity index (χ1v) is 9.95. The van der Waals surface area contributed by atoms with Gasteiger partial charge in [0.2, 0.25) is 0 Å². The number of aromatic nitrogens is 2. The lowest BCUT2D eigenvalue weighted by Crippen LogP contribution is -2.06. The Labute approximate surface area is 179 Å². The maximum absolute atomic E-state index is 12.5. The number of ether oxygens (including phenoxy) is 2. The van der Waals surface area contributed by atoms with Gasteiger partial charge in [-0.15, -0.1) is 0 Å². The summed E-state index contributed by atoms with van der Waals surface area (Å²) in [6.45, 7) is 4.56. The molecule has 2 aromatic carbocycles. The molecule has 0 saturated carbocycles. The van der Waals surface area contributed by atoms with E-state index in [0.29, 0.717) is 17.9 Å². The summed E-state index contributed by atoms with van der Waals surface area (Å²) in [5.41, 5.74) is 4.49. The molecule has 0 N–H and O–H groups in total. The molecule has 0 bridgehead atoms. The second-order valence-corrected chi connectivity index (χ2v) is 7.44. The zero-order valence-corrected chi connectivity index (χ0v) is 18.5. The van der Waals surface area contributed by atoms with Crippen LogP contribution >= 0.6 is 15.9 Å². The molecular weight excluding hydrogens is 432 g/mol. The normalized spacial score (nSPS) is 11.1. The van der Waals surface area contributed by atoms with Crippen LogP contribution in [0.2, 0.25) is 0 Å². The third-order valence-electron chi connectivity index (χ3n) is 4.70. The van der Waals surface area contributed by atoms with Crippen LogP contribution in [0.4, 0.5) is 0 Å². The number of methoxy groups -OCH3 is 2. The zero-order chi connectivity index (χ0) is 21.0. The molecule has 0 aliphatic heterocycles. The number of ketones is 1. The first-order chi connectivity index (χ1) is 13.9. The van der Waals surface area contributed by atoms with Gasteiger partial charge in [0, 0.05) is 11.1 Å². The third kappa shape index (κ3) is 4.77. The number of halogens is 1. The average molecular weight is 455 g/mol. The fourth-order valence-electron chi connectivity index (χ4n) is 3.06. The molecule has 1 heterocycles. The Morgan fingerprint density at radius 2 is 1.93 bits per heavy atom. The molecule has 0 saturated heterocycles. The van der Waals surface area contributed by atoms with Gasteiger partial charge in [0.05, 0.1) is 36.6 Å². The van der Waals surface area contributed by atoms with Crippen molar-refractivity contribution in [1.29, 1.82) is 0 Å². The monoisotopic (exact) mass is 454 g/mol. The Bertz CT molecular complexity index is 1070. The van der Waals surface area contributed by atoms with Gasteiger partial charge >= 0.3 is 0 Å². The molecule has 150 valence electrons. The van der Waals surface area contributed by atoms with E-state index >= 15 is 0 Å². The van der Waals surface area contributed by atoms with E-state index in [-0.39, 0.29) is 5.78 Å². The highest BCUT2D eigenvalue weighted by Crippen LogP contribution is 2.25. The highest BCUT2D eigenvalue weighted by molar-refractivity contribution is 9.10. The van der Waals surface area contributed by atoms with Crippen LogP contribution in [0.5, 0.6) is 11.5 Å². The minimum absolute atomic E-state index is 0.0799. The molecule has 0 fully saturated rings. The fourth-order valence-corrected chi connectivity index (χ4v) is 3.34. The summed E-state index contributed by atoms with van der Waals surface area (Å²) in [5, 5.41) is 4.57. The fraction of sp³-hybridized carbons (Fsp3) is 0.217. The smallest absolute Gasteiger partial charge is 0.185 e. The summed E-state index contributed by atoms with van der Waals surface area (Å²) >= 11 is 3.56. The second-order valence-electron chi connectivity index (χ2n) is 6.64. The van der Waals surface area contributed by atoms with Crippen LogP contribution in [-0.4, -0.2) is 29.8 Å². The number of aryl methyl sites for hydroxylation is 1. The first kappa shape index (κ1) is 20.9. The Hall–Kier alpha value is -2.86. The van der Waals surface area contributed by atoms with E-state index in [9.17, 15) is 4.79 Å². The molecule has 0 atom stereocenters. The van der Waals surface area contributed by atoms with E-state index in [1.807, 2.05) is 48.9 Å². The van der Waals surface area contributed by atoms with Crippen molar-refractivity contribution in [2.45, 2.75) is 20.4 Å². The van der Waals surface area contributed by atoms with E-state index < -0.39 is 0 Å². The largest absolute Gasteiger partial charge is 0.497 e. The number of benzene rings is 2. The Morgan fingerprint density at radius 1 is 1.14 bits per heavy atom. The number of carbonyl (C=O) groups is 1. The molecule has 29 heavy (non-hydrogen) atoms. The first-order valence-electron chi connectivity index (χ1n) is 9.15. The van der Waals surface area contributed by atoms with Crippen LogP contribution in [0.25, 0.3) is 6.08 Å². The van der Waals surface area contributed by atoms with Crippen molar-refractivity contribution >= 4 is 27.8 Å². The summed E-state index contributed by atoms with van der Waals surface area (Å²) in [7, 11) is 3.23. The molecule has 5 nitrogen and oxygen atoms in total. The van der Waals surface area contributed by atoms with Crippen LogP contribution < -0.4 is 9.47 Å². The van der Waals surface area contributed by atoms with Crippen molar-refractivity contribution in [2.75, 3.05) is 14.2 Å². The van der Waals surface area contributed by atoms with Crippen molar-refractivity contribution in [1.82, 2.24) is 9.78 Å². The van der Waals surface area contributed by atoms with E-state index in [4.69, 9.17) is 9.47 Å². The predicted octanol–water partition coefficient (Wildman–Crippen LogP) is 5.22. The van der Waals surface area contributed by atoms with E-state index in [1.54, 1.807) is 38.5 Å². The molecule has 0 amide bonds. The van der Waals surface area contributed by atoms with Crippen LogP contribution in [0.1, 0.15) is 32.9 Å². The number of rotatable bonds is 7. The Balaban J connectivity index is 1.85. The minimum atomic E-state index is -0.0799. The van der Waals surface area contributed by atoms with Crippen LogP contribution in [0.15, 0.2) is 53.0 Å². The quantitative estimate of drug-likeness (QED) is 0.362. The maximum atomic E-state index is 12.5. The molecular formula is C23H23BrN2O3. The Morgan fingerprint density at radius 3 is 2.59 bits per heavy atom. The van der Waals surface area contributed by atoms with E-state index in [1.165, 1.54) is 0 Å². The third-order valence-corrected chi connectivity index (χ3v) is 5.85. The topological polar surface area (TPSA) is 53.4 Å². The molecule has 0 spiro atoms. The lowest BCUT2D eigenvalue weighted by molar-refractivity contribution is 0.104. The van der Waals surface area contributed by atoms with E-state index in [2.05, 4.69) is 21.0 Å². The maximum Gasteiger partial charge on any atom is 0.185 e. The van der Waals surface area contributed by atoms with Gasteiger partial charge in [-0.25, -0.2) is 0 Å².